The minimum Gasteiger partial charge on any atom is -0.507 e. The van der Waals surface area contributed by atoms with Gasteiger partial charge in [0, 0.05) is 25.1 Å². The molecule has 8 heteroatoms. The van der Waals surface area contributed by atoms with Gasteiger partial charge in [0.1, 0.15) is 17.6 Å². The summed E-state index contributed by atoms with van der Waals surface area (Å²) in [6.07, 6.45) is 1.67. The highest BCUT2D eigenvalue weighted by molar-refractivity contribution is 6.46. The van der Waals surface area contributed by atoms with Crippen LogP contribution in [0.4, 0.5) is 0 Å². The standard InChI is InChI=1S/C32H42N2O6/c1-7-33(8-2)14-15-34-29(22-9-12-26(27(19-22)38-6)39-16-13-20(3)4)28(31(36)32(34)37)30(35)23-10-11-25-24(18-23)17-21(5)40-25/h9-12,18-21,29,35H,7-8,13-17H2,1-6H3/b30-28+. The second kappa shape index (κ2) is 12.8. The van der Waals surface area contributed by atoms with Gasteiger partial charge in [-0.1, -0.05) is 33.8 Å². The van der Waals surface area contributed by atoms with Crippen molar-refractivity contribution in [3.63, 3.8) is 0 Å². The van der Waals surface area contributed by atoms with Crippen LogP contribution in [0, 0.1) is 5.92 Å². The summed E-state index contributed by atoms with van der Waals surface area (Å²) in [5.41, 5.74) is 2.20. The van der Waals surface area contributed by atoms with E-state index in [0.29, 0.717) is 54.7 Å². The fourth-order valence-electron chi connectivity index (χ4n) is 5.35. The SMILES string of the molecule is CCN(CC)CCN1C(=O)C(=O)/C(=C(/O)c2ccc3c(c2)CC(C)O3)C1c1ccc(OCCC(C)C)c(OC)c1. The molecule has 0 aromatic heterocycles. The molecule has 2 aliphatic rings. The summed E-state index contributed by atoms with van der Waals surface area (Å²) in [6.45, 7) is 13.6. The number of carbonyl (C=O) groups excluding carboxylic acids is 2. The van der Waals surface area contributed by atoms with Crippen molar-refractivity contribution in [1.29, 1.82) is 0 Å². The van der Waals surface area contributed by atoms with Gasteiger partial charge in [0.15, 0.2) is 11.5 Å². The summed E-state index contributed by atoms with van der Waals surface area (Å²) in [4.78, 5) is 30.7. The number of amides is 1. The number of likely N-dealkylation sites (tertiary alicyclic amines) is 1. The number of nitrogens with zero attached hydrogens (tertiary/aromatic N) is 2. The third kappa shape index (κ3) is 6.12. The number of methoxy groups -OCH3 is 1. The van der Waals surface area contributed by atoms with Gasteiger partial charge in [-0.2, -0.15) is 0 Å². The summed E-state index contributed by atoms with van der Waals surface area (Å²) in [5.74, 6) is 0.894. The largest absolute Gasteiger partial charge is 0.507 e. The molecule has 8 nitrogen and oxygen atoms in total. The number of fused-ring (bicyclic) bond motifs is 1. The number of hydrogen-bond acceptors (Lipinski definition) is 7. The number of benzene rings is 2. The highest BCUT2D eigenvalue weighted by Crippen LogP contribution is 2.42. The lowest BCUT2D eigenvalue weighted by molar-refractivity contribution is -0.140. The lowest BCUT2D eigenvalue weighted by atomic mass is 9.94. The smallest absolute Gasteiger partial charge is 0.295 e. The molecule has 2 aromatic carbocycles. The molecule has 0 radical (unpaired) electrons. The molecule has 40 heavy (non-hydrogen) atoms. The first-order chi connectivity index (χ1) is 19.2. The van der Waals surface area contributed by atoms with Crippen molar-refractivity contribution < 1.29 is 28.9 Å². The lowest BCUT2D eigenvalue weighted by Gasteiger charge is -2.28. The molecule has 216 valence electrons. The molecule has 2 atom stereocenters. The van der Waals surface area contributed by atoms with E-state index in [-0.39, 0.29) is 17.4 Å². The van der Waals surface area contributed by atoms with Crippen LogP contribution in [0.25, 0.3) is 5.76 Å². The molecule has 1 N–H and O–H groups in total. The molecule has 4 rings (SSSR count). The van der Waals surface area contributed by atoms with Crippen LogP contribution in [0.2, 0.25) is 0 Å². The van der Waals surface area contributed by atoms with Crippen LogP contribution in [-0.4, -0.2) is 72.6 Å². The molecular weight excluding hydrogens is 508 g/mol. The second-order valence-electron chi connectivity index (χ2n) is 10.9. The van der Waals surface area contributed by atoms with Gasteiger partial charge in [0.2, 0.25) is 0 Å². The minimum atomic E-state index is -0.766. The van der Waals surface area contributed by atoms with Gasteiger partial charge in [-0.05, 0) is 73.8 Å². The van der Waals surface area contributed by atoms with Crippen molar-refractivity contribution in [1.82, 2.24) is 9.80 Å². The van der Waals surface area contributed by atoms with Gasteiger partial charge >= 0.3 is 0 Å². The first kappa shape index (κ1) is 29.5. The van der Waals surface area contributed by atoms with E-state index in [4.69, 9.17) is 14.2 Å². The molecule has 2 aromatic rings. The molecule has 0 bridgehead atoms. The van der Waals surface area contributed by atoms with E-state index < -0.39 is 17.7 Å². The Labute approximate surface area is 237 Å². The Morgan fingerprint density at radius 3 is 2.55 bits per heavy atom. The predicted octanol–water partition coefficient (Wildman–Crippen LogP) is 5.21. The average Bonchev–Trinajstić information content (AvgIpc) is 3.44. The summed E-state index contributed by atoms with van der Waals surface area (Å²) < 4.78 is 17.4. The normalized spacial score (nSPS) is 19.9. The van der Waals surface area contributed by atoms with Crippen LogP contribution in [0.1, 0.15) is 63.8 Å². The molecule has 0 spiro atoms. The number of carbonyl (C=O) groups is 2. The van der Waals surface area contributed by atoms with Crippen molar-refractivity contribution >= 4 is 17.4 Å². The zero-order valence-electron chi connectivity index (χ0n) is 24.5. The maximum atomic E-state index is 13.5. The average molecular weight is 551 g/mol. The number of ketones is 1. The van der Waals surface area contributed by atoms with Crippen LogP contribution in [0.15, 0.2) is 42.0 Å². The van der Waals surface area contributed by atoms with Crippen LogP contribution in [0.5, 0.6) is 17.2 Å². The molecule has 2 heterocycles. The molecular formula is C32H42N2O6. The van der Waals surface area contributed by atoms with E-state index in [1.165, 1.54) is 0 Å². The van der Waals surface area contributed by atoms with Gasteiger partial charge in [0.25, 0.3) is 11.7 Å². The van der Waals surface area contributed by atoms with Crippen molar-refractivity contribution in [2.75, 3.05) is 39.9 Å². The van der Waals surface area contributed by atoms with Crippen LogP contribution < -0.4 is 14.2 Å². The fourth-order valence-corrected chi connectivity index (χ4v) is 5.35. The zero-order valence-corrected chi connectivity index (χ0v) is 24.5. The second-order valence-corrected chi connectivity index (χ2v) is 10.9. The number of Topliss-reactive ketones (excluding diaryl/α,β-unsaturated/α-hetero) is 1. The molecule has 1 fully saturated rings. The molecule has 0 saturated carbocycles. The topological polar surface area (TPSA) is 88.5 Å². The minimum absolute atomic E-state index is 0.0480. The van der Waals surface area contributed by atoms with Crippen LogP contribution in [0.3, 0.4) is 0 Å². The van der Waals surface area contributed by atoms with Crippen molar-refractivity contribution in [2.24, 2.45) is 5.92 Å². The maximum absolute atomic E-state index is 13.5. The Bertz CT molecular complexity index is 1270. The third-order valence-corrected chi connectivity index (χ3v) is 7.72. The quantitative estimate of drug-likeness (QED) is 0.221. The first-order valence-electron chi connectivity index (χ1n) is 14.3. The Morgan fingerprint density at radius 2 is 1.88 bits per heavy atom. The Morgan fingerprint density at radius 1 is 1.12 bits per heavy atom. The van der Waals surface area contributed by atoms with Crippen molar-refractivity contribution in [3.05, 3.63) is 58.7 Å². The molecule has 1 amide bonds. The summed E-state index contributed by atoms with van der Waals surface area (Å²) in [7, 11) is 1.57. The lowest BCUT2D eigenvalue weighted by Crippen LogP contribution is -2.38. The molecule has 2 aliphatic heterocycles. The van der Waals surface area contributed by atoms with E-state index in [9.17, 15) is 14.7 Å². The van der Waals surface area contributed by atoms with E-state index in [1.807, 2.05) is 31.2 Å². The number of likely N-dealkylation sites (N-methyl/N-ethyl adjacent to an activating group) is 1. The summed E-state index contributed by atoms with van der Waals surface area (Å²) >= 11 is 0. The highest BCUT2D eigenvalue weighted by Gasteiger charge is 2.46. The third-order valence-electron chi connectivity index (χ3n) is 7.72. The van der Waals surface area contributed by atoms with E-state index >= 15 is 0 Å². The predicted molar refractivity (Wildman–Crippen MR) is 155 cm³/mol. The Kier molecular flexibility index (Phi) is 9.40. The molecule has 0 aliphatic carbocycles. The van der Waals surface area contributed by atoms with Crippen molar-refractivity contribution in [2.45, 2.75) is 59.6 Å². The fraction of sp³-hybridized carbons (Fsp3) is 0.500. The van der Waals surface area contributed by atoms with Gasteiger partial charge in [0.05, 0.1) is 25.3 Å². The van der Waals surface area contributed by atoms with Crippen molar-refractivity contribution in [3.8, 4) is 17.2 Å². The summed E-state index contributed by atoms with van der Waals surface area (Å²) in [6, 6.07) is 10.1. The number of aliphatic hydroxyl groups is 1. The van der Waals surface area contributed by atoms with E-state index in [0.717, 1.165) is 30.8 Å². The monoisotopic (exact) mass is 550 g/mol. The van der Waals surface area contributed by atoms with Crippen LogP contribution in [-0.2, 0) is 16.0 Å². The first-order valence-corrected chi connectivity index (χ1v) is 14.3. The maximum Gasteiger partial charge on any atom is 0.295 e. The number of rotatable bonds is 12. The Balaban J connectivity index is 1.77. The summed E-state index contributed by atoms with van der Waals surface area (Å²) in [5, 5.41) is 11.5. The zero-order chi connectivity index (χ0) is 29.0. The van der Waals surface area contributed by atoms with Gasteiger partial charge < -0.3 is 29.1 Å². The van der Waals surface area contributed by atoms with E-state index in [2.05, 4.69) is 32.6 Å². The van der Waals surface area contributed by atoms with Gasteiger partial charge in [-0.25, -0.2) is 0 Å². The van der Waals surface area contributed by atoms with Gasteiger partial charge in [-0.15, -0.1) is 0 Å². The Hall–Kier alpha value is -3.52. The molecule has 2 unspecified atom stereocenters. The number of aliphatic hydroxyl groups excluding tert-OH is 1. The number of hydrogen-bond donors (Lipinski definition) is 1. The molecule has 1 saturated heterocycles. The van der Waals surface area contributed by atoms with Gasteiger partial charge in [-0.3, -0.25) is 9.59 Å². The van der Waals surface area contributed by atoms with Crippen LogP contribution >= 0.6 is 0 Å². The highest BCUT2D eigenvalue weighted by atomic mass is 16.5. The number of ether oxygens (including phenoxy) is 3. The van der Waals surface area contributed by atoms with E-state index in [1.54, 1.807) is 24.1 Å².